The summed E-state index contributed by atoms with van der Waals surface area (Å²) >= 11 is 0. The molecular weight excluding hydrogens is 128 g/mol. The lowest BCUT2D eigenvalue weighted by molar-refractivity contribution is 0.467. The maximum absolute atomic E-state index is 5.42. The predicted molar refractivity (Wildman–Crippen MR) is 42.5 cm³/mol. The molecule has 0 aromatic heterocycles. The summed E-state index contributed by atoms with van der Waals surface area (Å²) in [5.74, 6) is 0.474. The largest absolute Gasteiger partial charge is 0.383 e. The molecule has 4 nitrogen and oxygen atoms in total. The van der Waals surface area contributed by atoms with Gasteiger partial charge in [0.2, 0.25) is 0 Å². The predicted octanol–water partition coefficient (Wildman–Crippen LogP) is -0.623. The van der Waals surface area contributed by atoms with E-state index in [9.17, 15) is 0 Å². The lowest BCUT2D eigenvalue weighted by Gasteiger charge is -2.22. The van der Waals surface area contributed by atoms with Crippen LogP contribution in [0.15, 0.2) is 11.6 Å². The Morgan fingerprint density at radius 3 is 1.60 bits per heavy atom. The molecule has 0 spiro atoms. The lowest BCUT2D eigenvalue weighted by atomic mass is 10.1. The number of rotatable bonds is 1. The fourth-order valence-electron chi connectivity index (χ4n) is 0.476. The van der Waals surface area contributed by atoms with Crippen LogP contribution in [0.4, 0.5) is 0 Å². The summed E-state index contributed by atoms with van der Waals surface area (Å²) in [5.41, 5.74) is 15.8. The molecule has 0 saturated heterocycles. The zero-order chi connectivity index (χ0) is 8.36. The van der Waals surface area contributed by atoms with Gasteiger partial charge in [-0.1, -0.05) is 0 Å². The summed E-state index contributed by atoms with van der Waals surface area (Å²) in [7, 11) is 0. The minimum absolute atomic E-state index is 0.0892. The van der Waals surface area contributed by atoms with Crippen LogP contribution in [0.1, 0.15) is 20.8 Å². The Labute approximate surface area is 61.4 Å². The molecule has 0 amide bonds. The van der Waals surface area contributed by atoms with Crippen molar-refractivity contribution in [1.29, 1.82) is 0 Å². The zero-order valence-electron chi connectivity index (χ0n) is 6.73. The molecule has 0 saturated carbocycles. The fourth-order valence-corrected chi connectivity index (χ4v) is 0.476. The van der Waals surface area contributed by atoms with E-state index in [1.54, 1.807) is 0 Å². The molecule has 0 heterocycles. The van der Waals surface area contributed by atoms with Crippen molar-refractivity contribution < 1.29 is 0 Å². The van der Waals surface area contributed by atoms with Gasteiger partial charge in [0.1, 0.15) is 11.6 Å². The summed E-state index contributed by atoms with van der Waals surface area (Å²) in [6, 6.07) is 0. The topological polar surface area (TPSA) is 90.1 Å². The first-order valence-corrected chi connectivity index (χ1v) is 3.12. The van der Waals surface area contributed by atoms with Gasteiger partial charge in [0, 0.05) is 5.54 Å². The van der Waals surface area contributed by atoms with Gasteiger partial charge in [-0.15, -0.1) is 0 Å². The maximum Gasteiger partial charge on any atom is 0.137 e. The van der Waals surface area contributed by atoms with Crippen LogP contribution in [0.25, 0.3) is 0 Å². The van der Waals surface area contributed by atoms with Crippen LogP contribution >= 0.6 is 0 Å². The maximum atomic E-state index is 5.42. The van der Waals surface area contributed by atoms with Gasteiger partial charge in [0.25, 0.3) is 0 Å². The van der Waals surface area contributed by atoms with Gasteiger partial charge in [0.05, 0.1) is 0 Å². The van der Waals surface area contributed by atoms with E-state index >= 15 is 0 Å². The van der Waals surface area contributed by atoms with Crippen molar-refractivity contribution >= 4 is 0 Å². The molecule has 0 fully saturated rings. The third-order valence-electron chi connectivity index (χ3n) is 0.821. The zero-order valence-corrected chi connectivity index (χ0v) is 6.73. The van der Waals surface area contributed by atoms with Crippen LogP contribution in [-0.2, 0) is 0 Å². The molecule has 0 aliphatic heterocycles. The van der Waals surface area contributed by atoms with E-state index in [1.165, 1.54) is 0 Å². The molecule has 0 unspecified atom stereocenters. The smallest absolute Gasteiger partial charge is 0.137 e. The average molecular weight is 144 g/mol. The van der Waals surface area contributed by atoms with Crippen molar-refractivity contribution in [3.8, 4) is 0 Å². The summed E-state index contributed by atoms with van der Waals surface area (Å²) in [6.45, 7) is 5.93. The van der Waals surface area contributed by atoms with E-state index in [0.29, 0.717) is 5.82 Å². The fraction of sp³-hybridized carbons (Fsp3) is 0.667. The van der Waals surface area contributed by atoms with Gasteiger partial charge in [-0.05, 0) is 20.8 Å². The molecule has 0 aliphatic rings. The number of hydrogen-bond acceptors (Lipinski definition) is 4. The van der Waals surface area contributed by atoms with Crippen LogP contribution in [0, 0.1) is 0 Å². The summed E-state index contributed by atoms with van der Waals surface area (Å²) < 4.78 is 0. The highest BCUT2D eigenvalue weighted by atomic mass is 15.1. The molecule has 10 heavy (non-hydrogen) atoms. The highest BCUT2D eigenvalue weighted by Gasteiger charge is 2.09. The monoisotopic (exact) mass is 144 g/mol. The van der Waals surface area contributed by atoms with Gasteiger partial charge in [-0.2, -0.15) is 0 Å². The van der Waals surface area contributed by atoms with Gasteiger partial charge in [0.15, 0.2) is 0 Å². The number of nitrogens with one attached hydrogen (secondary N) is 1. The summed E-state index contributed by atoms with van der Waals surface area (Å²) in [5, 5.41) is 2.93. The van der Waals surface area contributed by atoms with Crippen LogP contribution in [0.5, 0.6) is 0 Å². The molecule has 60 valence electrons. The van der Waals surface area contributed by atoms with Crippen LogP contribution in [-0.4, -0.2) is 5.54 Å². The molecule has 0 atom stereocenters. The Balaban J connectivity index is 4.06. The second-order valence-electron chi connectivity index (χ2n) is 3.24. The van der Waals surface area contributed by atoms with Crippen molar-refractivity contribution in [2.45, 2.75) is 26.3 Å². The van der Waals surface area contributed by atoms with Gasteiger partial charge in [-0.3, -0.25) is 0 Å². The molecule has 0 aliphatic carbocycles. The number of nitrogens with two attached hydrogens (primary N) is 3. The second-order valence-corrected chi connectivity index (χ2v) is 3.24. The molecule has 0 aromatic rings. The van der Waals surface area contributed by atoms with Crippen molar-refractivity contribution in [3.63, 3.8) is 0 Å². The normalized spacial score (nSPS) is 10.7. The Kier molecular flexibility index (Phi) is 2.40. The Bertz CT molecular complexity index is 138. The first-order chi connectivity index (χ1) is 4.33. The molecule has 0 rings (SSSR count). The van der Waals surface area contributed by atoms with Crippen molar-refractivity contribution in [2.24, 2.45) is 17.2 Å². The van der Waals surface area contributed by atoms with Gasteiger partial charge in [-0.25, -0.2) is 0 Å². The first-order valence-electron chi connectivity index (χ1n) is 3.12. The van der Waals surface area contributed by atoms with E-state index in [0.717, 1.165) is 0 Å². The minimum Gasteiger partial charge on any atom is -0.383 e. The molecule has 0 radical (unpaired) electrons. The molecule has 0 aromatic carbocycles. The summed E-state index contributed by atoms with van der Waals surface area (Å²) in [4.78, 5) is 0. The molecular formula is C6H16N4. The quantitative estimate of drug-likeness (QED) is 0.394. The third-order valence-corrected chi connectivity index (χ3v) is 0.821. The molecule has 7 N–H and O–H groups in total. The van der Waals surface area contributed by atoms with Gasteiger partial charge >= 0.3 is 0 Å². The van der Waals surface area contributed by atoms with E-state index < -0.39 is 0 Å². The van der Waals surface area contributed by atoms with Crippen LogP contribution < -0.4 is 22.5 Å². The second kappa shape index (κ2) is 2.68. The minimum atomic E-state index is -0.0892. The standard InChI is InChI=1S/C6H16N4/c1-6(2,3)10-5(9)4(7)8/h10H,7-9H2,1-3H3. The SMILES string of the molecule is CC(C)(C)NC(N)=C(N)N. The Morgan fingerprint density at radius 1 is 1.10 bits per heavy atom. The highest BCUT2D eigenvalue weighted by molar-refractivity contribution is 5.03. The Morgan fingerprint density at radius 2 is 1.50 bits per heavy atom. The third kappa shape index (κ3) is 3.88. The number of hydrogen-bond donors (Lipinski definition) is 4. The van der Waals surface area contributed by atoms with Crippen LogP contribution in [0.3, 0.4) is 0 Å². The van der Waals surface area contributed by atoms with Crippen molar-refractivity contribution in [2.75, 3.05) is 0 Å². The van der Waals surface area contributed by atoms with Crippen LogP contribution in [0.2, 0.25) is 0 Å². The van der Waals surface area contributed by atoms with Crippen molar-refractivity contribution in [1.82, 2.24) is 5.32 Å². The Hall–Kier alpha value is -1.06. The summed E-state index contributed by atoms with van der Waals surface area (Å²) in [6.07, 6.45) is 0. The van der Waals surface area contributed by atoms with E-state index in [-0.39, 0.29) is 11.4 Å². The molecule has 4 heteroatoms. The average Bonchev–Trinajstić information content (AvgIpc) is 1.60. The van der Waals surface area contributed by atoms with E-state index in [1.807, 2.05) is 20.8 Å². The van der Waals surface area contributed by atoms with E-state index in [2.05, 4.69) is 5.32 Å². The van der Waals surface area contributed by atoms with Gasteiger partial charge < -0.3 is 22.5 Å². The first kappa shape index (κ1) is 8.94. The van der Waals surface area contributed by atoms with E-state index in [4.69, 9.17) is 17.2 Å². The van der Waals surface area contributed by atoms with Crippen molar-refractivity contribution in [3.05, 3.63) is 11.6 Å². The molecule has 0 bridgehead atoms. The highest BCUT2D eigenvalue weighted by Crippen LogP contribution is 1.99. The lowest BCUT2D eigenvalue weighted by Crippen LogP contribution is -2.40.